The van der Waals surface area contributed by atoms with Crippen molar-refractivity contribution in [2.75, 3.05) is 0 Å². The third-order valence-electron chi connectivity index (χ3n) is 4.22. The normalized spacial score (nSPS) is 14.7. The smallest absolute Gasteiger partial charge is 0.409 e. The highest BCUT2D eigenvalue weighted by molar-refractivity contribution is 6.21. The summed E-state index contributed by atoms with van der Waals surface area (Å²) in [5, 5.41) is 2.69. The lowest BCUT2D eigenvalue weighted by atomic mass is 10.1. The van der Waals surface area contributed by atoms with Crippen LogP contribution in [0.2, 0.25) is 0 Å². The Balaban J connectivity index is 2.01. The first kappa shape index (κ1) is 18.6. The van der Waals surface area contributed by atoms with Gasteiger partial charge in [0.05, 0.1) is 11.1 Å². The van der Waals surface area contributed by atoms with Crippen LogP contribution in [0, 0.1) is 6.92 Å². The summed E-state index contributed by atoms with van der Waals surface area (Å²) in [6.45, 7) is 7.10. The molecule has 0 aliphatic carbocycles. The first-order valence-electron chi connectivity index (χ1n) is 8.71. The van der Waals surface area contributed by atoms with Gasteiger partial charge in [-0.1, -0.05) is 36.4 Å². The summed E-state index contributed by atoms with van der Waals surface area (Å²) in [6, 6.07) is 13.9. The Kier molecular flexibility index (Phi) is 4.74. The molecule has 2 aromatic rings. The van der Waals surface area contributed by atoms with Crippen LogP contribution in [0.25, 0.3) is 0 Å². The molecule has 0 bridgehead atoms. The van der Waals surface area contributed by atoms with E-state index in [4.69, 9.17) is 4.74 Å². The topological polar surface area (TPSA) is 75.7 Å². The number of hydrogen-bond acceptors (Lipinski definition) is 4. The largest absolute Gasteiger partial charge is 0.444 e. The van der Waals surface area contributed by atoms with Gasteiger partial charge in [-0.15, -0.1) is 0 Å². The second kappa shape index (κ2) is 6.87. The van der Waals surface area contributed by atoms with E-state index in [9.17, 15) is 14.4 Å². The molecule has 1 aliphatic rings. The first-order chi connectivity index (χ1) is 12.7. The standard InChI is InChI=1S/C21H22N2O4/c1-13-9-5-6-10-14(13)17(22-20(26)27-21(2,3)4)23-18(24)15-11-7-8-12-16(15)19(23)25/h5-12,17H,1-4H3,(H,22,26)/t17-/m0/s1. The Morgan fingerprint density at radius 1 is 0.963 bits per heavy atom. The third-order valence-corrected chi connectivity index (χ3v) is 4.22. The van der Waals surface area contributed by atoms with Gasteiger partial charge in [0.1, 0.15) is 11.8 Å². The van der Waals surface area contributed by atoms with Crippen molar-refractivity contribution in [3.63, 3.8) is 0 Å². The molecule has 6 heteroatoms. The predicted molar refractivity (Wildman–Crippen MR) is 100 cm³/mol. The predicted octanol–water partition coefficient (Wildman–Crippen LogP) is 3.81. The van der Waals surface area contributed by atoms with Crippen LogP contribution < -0.4 is 5.32 Å². The minimum atomic E-state index is -0.964. The number of carbonyl (C=O) groups is 3. The Labute approximate surface area is 158 Å². The zero-order valence-corrected chi connectivity index (χ0v) is 15.8. The lowest BCUT2D eigenvalue weighted by Gasteiger charge is -2.30. The van der Waals surface area contributed by atoms with Gasteiger partial charge in [-0.3, -0.25) is 14.9 Å². The number of alkyl carbamates (subject to hydrolysis) is 1. The summed E-state index contributed by atoms with van der Waals surface area (Å²) in [4.78, 5) is 39.3. The van der Waals surface area contributed by atoms with Crippen LogP contribution in [0.5, 0.6) is 0 Å². The molecule has 2 aromatic carbocycles. The SMILES string of the molecule is Cc1ccccc1[C@@H](NC(=O)OC(C)(C)C)N1C(=O)c2ccccc2C1=O. The molecule has 3 amide bonds. The fraction of sp³-hybridized carbons (Fsp3) is 0.286. The Morgan fingerprint density at radius 3 is 2.00 bits per heavy atom. The number of ether oxygens (including phenoxy) is 1. The van der Waals surface area contributed by atoms with Crippen LogP contribution in [-0.2, 0) is 4.74 Å². The van der Waals surface area contributed by atoms with Crippen molar-refractivity contribution >= 4 is 17.9 Å². The molecule has 0 saturated carbocycles. The van der Waals surface area contributed by atoms with Crippen LogP contribution in [0.1, 0.15) is 58.8 Å². The van der Waals surface area contributed by atoms with E-state index in [1.165, 1.54) is 0 Å². The van der Waals surface area contributed by atoms with E-state index >= 15 is 0 Å². The molecule has 0 fully saturated rings. The molecule has 1 aliphatic heterocycles. The van der Waals surface area contributed by atoms with Crippen molar-refractivity contribution in [1.82, 2.24) is 10.2 Å². The number of fused-ring (bicyclic) bond motifs is 1. The molecule has 0 radical (unpaired) electrons. The molecule has 27 heavy (non-hydrogen) atoms. The van der Waals surface area contributed by atoms with Crippen molar-refractivity contribution < 1.29 is 19.1 Å². The van der Waals surface area contributed by atoms with Gasteiger partial charge >= 0.3 is 6.09 Å². The molecule has 6 nitrogen and oxygen atoms in total. The highest BCUT2D eigenvalue weighted by Gasteiger charge is 2.41. The molecule has 0 saturated heterocycles. The van der Waals surface area contributed by atoms with Gasteiger partial charge in [0.25, 0.3) is 11.8 Å². The third kappa shape index (κ3) is 3.69. The number of hydrogen-bond donors (Lipinski definition) is 1. The van der Waals surface area contributed by atoms with E-state index in [1.54, 1.807) is 57.2 Å². The van der Waals surface area contributed by atoms with Gasteiger partial charge in [-0.2, -0.15) is 0 Å². The molecular formula is C21H22N2O4. The minimum absolute atomic E-state index is 0.326. The average molecular weight is 366 g/mol. The maximum Gasteiger partial charge on any atom is 0.409 e. The van der Waals surface area contributed by atoms with E-state index in [0.29, 0.717) is 16.7 Å². The summed E-state index contributed by atoms with van der Waals surface area (Å²) < 4.78 is 5.34. The molecular weight excluding hydrogens is 344 g/mol. The Morgan fingerprint density at radius 2 is 1.48 bits per heavy atom. The molecule has 140 valence electrons. The highest BCUT2D eigenvalue weighted by Crippen LogP contribution is 2.31. The van der Waals surface area contributed by atoms with E-state index in [0.717, 1.165) is 10.5 Å². The van der Waals surface area contributed by atoms with Gasteiger partial charge < -0.3 is 4.74 Å². The van der Waals surface area contributed by atoms with E-state index in [-0.39, 0.29) is 0 Å². The average Bonchev–Trinajstić information content (AvgIpc) is 2.84. The number of aryl methyl sites for hydroxylation is 1. The molecule has 1 heterocycles. The molecule has 0 unspecified atom stereocenters. The summed E-state index contributed by atoms with van der Waals surface area (Å²) in [7, 11) is 0. The van der Waals surface area contributed by atoms with Gasteiger partial charge in [-0.25, -0.2) is 9.69 Å². The lowest BCUT2D eigenvalue weighted by molar-refractivity contribution is 0.0385. The zero-order valence-electron chi connectivity index (χ0n) is 15.8. The van der Waals surface area contributed by atoms with Crippen LogP contribution in [0.4, 0.5) is 4.79 Å². The van der Waals surface area contributed by atoms with Gasteiger partial charge in [0.15, 0.2) is 0 Å². The van der Waals surface area contributed by atoms with Gasteiger partial charge in [0.2, 0.25) is 0 Å². The summed E-state index contributed by atoms with van der Waals surface area (Å²) in [5.74, 6) is -0.889. The van der Waals surface area contributed by atoms with Crippen molar-refractivity contribution in [3.8, 4) is 0 Å². The fourth-order valence-corrected chi connectivity index (χ4v) is 3.04. The number of benzene rings is 2. The summed E-state index contributed by atoms with van der Waals surface area (Å²) in [6.07, 6.45) is -1.67. The Bertz CT molecular complexity index is 879. The number of rotatable bonds is 3. The van der Waals surface area contributed by atoms with Gasteiger partial charge in [-0.05, 0) is 51.0 Å². The summed E-state index contributed by atoms with van der Waals surface area (Å²) >= 11 is 0. The number of imide groups is 1. The van der Waals surface area contributed by atoms with Crippen LogP contribution in [0.3, 0.4) is 0 Å². The van der Waals surface area contributed by atoms with E-state index in [2.05, 4.69) is 5.32 Å². The molecule has 3 rings (SSSR count). The second-order valence-corrected chi connectivity index (χ2v) is 7.43. The molecule has 0 spiro atoms. The quantitative estimate of drug-likeness (QED) is 0.838. The number of carbonyl (C=O) groups excluding carboxylic acids is 3. The van der Waals surface area contributed by atoms with E-state index < -0.39 is 29.7 Å². The lowest BCUT2D eigenvalue weighted by Crippen LogP contribution is -2.46. The Hall–Kier alpha value is -3.15. The number of nitrogens with zero attached hydrogens (tertiary/aromatic N) is 1. The highest BCUT2D eigenvalue weighted by atomic mass is 16.6. The fourth-order valence-electron chi connectivity index (χ4n) is 3.04. The van der Waals surface area contributed by atoms with E-state index in [1.807, 2.05) is 19.1 Å². The molecule has 1 N–H and O–H groups in total. The molecule has 1 atom stereocenters. The zero-order chi connectivity index (χ0) is 19.8. The molecule has 0 aromatic heterocycles. The number of amides is 3. The number of nitrogens with one attached hydrogen (secondary N) is 1. The minimum Gasteiger partial charge on any atom is -0.444 e. The first-order valence-corrected chi connectivity index (χ1v) is 8.71. The van der Waals surface area contributed by atoms with Crippen molar-refractivity contribution in [1.29, 1.82) is 0 Å². The van der Waals surface area contributed by atoms with Crippen LogP contribution in [-0.4, -0.2) is 28.4 Å². The monoisotopic (exact) mass is 366 g/mol. The van der Waals surface area contributed by atoms with Crippen LogP contribution in [0.15, 0.2) is 48.5 Å². The van der Waals surface area contributed by atoms with Crippen LogP contribution >= 0.6 is 0 Å². The van der Waals surface area contributed by atoms with Gasteiger partial charge in [0, 0.05) is 0 Å². The maximum absolute atomic E-state index is 12.9. The second-order valence-electron chi connectivity index (χ2n) is 7.43. The summed E-state index contributed by atoms with van der Waals surface area (Å²) in [5.41, 5.74) is 1.44. The maximum atomic E-state index is 12.9. The van der Waals surface area contributed by atoms with Crippen molar-refractivity contribution in [3.05, 3.63) is 70.8 Å². The van der Waals surface area contributed by atoms with Crippen molar-refractivity contribution in [2.24, 2.45) is 0 Å². The van der Waals surface area contributed by atoms with Crippen molar-refractivity contribution in [2.45, 2.75) is 39.5 Å².